The van der Waals surface area contributed by atoms with Gasteiger partial charge in [-0.1, -0.05) is 114 Å². The summed E-state index contributed by atoms with van der Waals surface area (Å²) in [6.07, 6.45) is 1.93. The van der Waals surface area contributed by atoms with Gasteiger partial charge in [0, 0.05) is 16.5 Å². The topological polar surface area (TPSA) is 40.5 Å². The molecule has 3 rings (SSSR count). The van der Waals surface area contributed by atoms with Gasteiger partial charge < -0.3 is 10.2 Å². The number of rotatable bonds is 2. The van der Waals surface area contributed by atoms with Crippen molar-refractivity contribution in [2.45, 2.75) is 45.4 Å². The van der Waals surface area contributed by atoms with Crippen LogP contribution in [0.2, 0.25) is 40.2 Å². The molecule has 0 amide bonds. The summed E-state index contributed by atoms with van der Waals surface area (Å²) in [5, 5.41) is 20.1. The third kappa shape index (κ3) is 4.19. The van der Waals surface area contributed by atoms with Crippen LogP contribution in [-0.4, -0.2) is 10.2 Å². The van der Waals surface area contributed by atoms with Crippen LogP contribution in [0, 0.1) is 11.3 Å². The minimum Gasteiger partial charge on any atom is -0.505 e. The van der Waals surface area contributed by atoms with Crippen LogP contribution in [0.4, 0.5) is 0 Å². The number of benzene rings is 2. The Kier molecular flexibility index (Phi) is 7.42. The van der Waals surface area contributed by atoms with E-state index in [-0.39, 0.29) is 51.5 Å². The second-order valence-corrected chi connectivity index (χ2v) is 11.9. The summed E-state index contributed by atoms with van der Waals surface area (Å²) in [7, 11) is 0. The molecule has 2 N–H and O–H groups in total. The number of phenols is 2. The summed E-state index contributed by atoms with van der Waals surface area (Å²) in [5.74, 6) is -0.653. The lowest BCUT2D eigenvalue weighted by atomic mass is 9.55. The Labute approximate surface area is 221 Å². The van der Waals surface area contributed by atoms with Crippen molar-refractivity contribution in [3.63, 3.8) is 0 Å². The van der Waals surface area contributed by atoms with Gasteiger partial charge in [-0.05, 0) is 30.6 Å². The molecule has 1 atom stereocenters. The molecule has 0 aliphatic heterocycles. The molecule has 1 unspecified atom stereocenters. The van der Waals surface area contributed by atoms with Crippen molar-refractivity contribution in [2.24, 2.45) is 11.3 Å². The highest BCUT2D eigenvalue weighted by Crippen LogP contribution is 2.63. The smallest absolute Gasteiger partial charge is 0.155 e. The zero-order valence-electron chi connectivity index (χ0n) is 16.6. The first-order valence-corrected chi connectivity index (χ1v) is 12.3. The number of phenolic OH excluding ortho intramolecular Hbond substituents is 2. The molecule has 0 bridgehead atoms. The summed E-state index contributed by atoms with van der Waals surface area (Å²) >= 11 is 52.0. The lowest BCUT2D eigenvalue weighted by Gasteiger charge is -2.50. The molecule has 2 aromatic rings. The SMILES string of the molecule is CC1CC(C)(C)CC(c2c(Cl)c(Cl)c(O)c(Cl)c2Cl)(c2c(Cl)c(Cl)c(O)c(Cl)c2Cl)C1. The van der Waals surface area contributed by atoms with E-state index in [1.165, 1.54) is 0 Å². The van der Waals surface area contributed by atoms with Gasteiger partial charge in [0.25, 0.3) is 0 Å². The fraction of sp³-hybridized carbons (Fsp3) is 0.429. The summed E-state index contributed by atoms with van der Waals surface area (Å²) in [6.45, 7) is 6.30. The van der Waals surface area contributed by atoms with Crippen LogP contribution in [0.3, 0.4) is 0 Å². The summed E-state index contributed by atoms with van der Waals surface area (Å²) < 4.78 is 0. The fourth-order valence-electron chi connectivity index (χ4n) is 5.16. The normalized spacial score (nSPS) is 20.2. The highest BCUT2D eigenvalue weighted by atomic mass is 35.5. The molecule has 0 radical (unpaired) electrons. The maximum atomic E-state index is 10.3. The van der Waals surface area contributed by atoms with Crippen LogP contribution in [0.5, 0.6) is 11.5 Å². The molecule has 170 valence electrons. The van der Waals surface area contributed by atoms with Gasteiger partial charge in [0.1, 0.15) is 20.1 Å². The molecule has 1 aliphatic carbocycles. The molecule has 1 saturated carbocycles. The van der Waals surface area contributed by atoms with Gasteiger partial charge in [0.2, 0.25) is 0 Å². The van der Waals surface area contributed by atoms with E-state index in [4.69, 9.17) is 92.8 Å². The van der Waals surface area contributed by atoms with Crippen molar-refractivity contribution < 1.29 is 10.2 Å². The Bertz CT molecular complexity index is 953. The van der Waals surface area contributed by atoms with Crippen LogP contribution in [0.1, 0.15) is 51.2 Å². The van der Waals surface area contributed by atoms with Crippen LogP contribution in [0.25, 0.3) is 0 Å². The highest BCUT2D eigenvalue weighted by molar-refractivity contribution is 6.51. The van der Waals surface area contributed by atoms with Crippen LogP contribution < -0.4 is 0 Å². The zero-order valence-corrected chi connectivity index (χ0v) is 22.7. The molecule has 2 nitrogen and oxygen atoms in total. The average molecular weight is 586 g/mol. The van der Waals surface area contributed by atoms with E-state index in [1.807, 2.05) is 0 Å². The highest BCUT2D eigenvalue weighted by Gasteiger charge is 2.51. The van der Waals surface area contributed by atoms with Crippen molar-refractivity contribution in [1.29, 1.82) is 0 Å². The van der Waals surface area contributed by atoms with E-state index in [2.05, 4.69) is 20.8 Å². The number of hydrogen-bond acceptors (Lipinski definition) is 2. The Balaban J connectivity index is 2.57. The predicted octanol–water partition coefficient (Wildman–Crippen LogP) is 10.5. The molecule has 1 fully saturated rings. The molecule has 0 spiro atoms. The van der Waals surface area contributed by atoms with E-state index in [0.717, 1.165) is 6.42 Å². The van der Waals surface area contributed by atoms with E-state index >= 15 is 0 Å². The van der Waals surface area contributed by atoms with Crippen molar-refractivity contribution in [3.8, 4) is 11.5 Å². The van der Waals surface area contributed by atoms with Crippen molar-refractivity contribution in [3.05, 3.63) is 51.3 Å². The number of halogens is 8. The maximum Gasteiger partial charge on any atom is 0.155 e. The molecule has 0 aromatic heterocycles. The molecule has 0 saturated heterocycles. The Morgan fingerprint density at radius 1 is 0.613 bits per heavy atom. The van der Waals surface area contributed by atoms with Gasteiger partial charge >= 0.3 is 0 Å². The van der Waals surface area contributed by atoms with E-state index < -0.39 is 16.9 Å². The monoisotopic (exact) mass is 582 g/mol. The van der Waals surface area contributed by atoms with Gasteiger partial charge in [-0.25, -0.2) is 0 Å². The van der Waals surface area contributed by atoms with E-state index in [9.17, 15) is 10.2 Å². The average Bonchev–Trinajstić information content (AvgIpc) is 2.66. The summed E-state index contributed by atoms with van der Waals surface area (Å²) in [5.41, 5.74) is -0.453. The second kappa shape index (κ2) is 8.86. The van der Waals surface area contributed by atoms with Gasteiger partial charge in [0.15, 0.2) is 11.5 Å². The first-order chi connectivity index (χ1) is 14.2. The van der Waals surface area contributed by atoms with Crippen molar-refractivity contribution in [2.75, 3.05) is 0 Å². The molecule has 1 aliphatic rings. The Morgan fingerprint density at radius 3 is 1.23 bits per heavy atom. The van der Waals surface area contributed by atoms with Crippen molar-refractivity contribution >= 4 is 92.8 Å². The lowest BCUT2D eigenvalue weighted by Crippen LogP contribution is -2.42. The molecule has 10 heteroatoms. The van der Waals surface area contributed by atoms with Gasteiger partial charge in [-0.15, -0.1) is 0 Å². The van der Waals surface area contributed by atoms with Gasteiger partial charge in [0.05, 0.1) is 20.1 Å². The Morgan fingerprint density at radius 2 is 0.935 bits per heavy atom. The zero-order chi connectivity index (χ0) is 23.6. The minimum absolute atomic E-state index is 0.0333. The molecule has 31 heavy (non-hydrogen) atoms. The second-order valence-electron chi connectivity index (χ2n) is 8.90. The van der Waals surface area contributed by atoms with Crippen LogP contribution >= 0.6 is 92.8 Å². The van der Waals surface area contributed by atoms with E-state index in [0.29, 0.717) is 24.0 Å². The summed E-state index contributed by atoms with van der Waals surface area (Å²) in [6, 6.07) is 0. The first kappa shape index (κ1) is 26.0. The van der Waals surface area contributed by atoms with Crippen LogP contribution in [-0.2, 0) is 5.41 Å². The summed E-state index contributed by atoms with van der Waals surface area (Å²) in [4.78, 5) is 0. The quantitative estimate of drug-likeness (QED) is 0.344. The minimum atomic E-state index is -1.01. The van der Waals surface area contributed by atoms with Gasteiger partial charge in [-0.2, -0.15) is 0 Å². The number of hydrogen-bond donors (Lipinski definition) is 2. The molecule has 0 heterocycles. The molecular formula is C21H18Cl8O2. The Hall–Kier alpha value is 0.360. The number of aromatic hydroxyl groups is 2. The first-order valence-electron chi connectivity index (χ1n) is 9.27. The van der Waals surface area contributed by atoms with Crippen molar-refractivity contribution in [1.82, 2.24) is 0 Å². The predicted molar refractivity (Wildman–Crippen MR) is 134 cm³/mol. The largest absolute Gasteiger partial charge is 0.505 e. The fourth-order valence-corrected chi connectivity index (χ4v) is 7.57. The third-order valence-corrected chi connectivity index (χ3v) is 9.19. The molecular weight excluding hydrogens is 568 g/mol. The molecule has 2 aromatic carbocycles. The lowest BCUT2D eigenvalue weighted by molar-refractivity contribution is 0.127. The maximum absolute atomic E-state index is 10.3. The van der Waals surface area contributed by atoms with Crippen LogP contribution in [0.15, 0.2) is 0 Å². The third-order valence-electron chi connectivity index (χ3n) is 5.82. The van der Waals surface area contributed by atoms with Gasteiger partial charge in [-0.3, -0.25) is 0 Å². The standard InChI is InChI=1S/C21H18Cl8O2/c1-7-4-20(2,3)6-21(5-7,8-10(22)14(26)18(30)15(27)11(8)23)9-12(24)16(28)19(31)17(29)13(9)25/h7,30-31H,4-6H2,1-3H3. The van der Waals surface area contributed by atoms with E-state index in [1.54, 1.807) is 0 Å².